The molecule has 0 radical (unpaired) electrons. The third-order valence-corrected chi connectivity index (χ3v) is 4.08. The summed E-state index contributed by atoms with van der Waals surface area (Å²) >= 11 is 0.958. The van der Waals surface area contributed by atoms with Crippen molar-refractivity contribution < 1.29 is 19.4 Å². The molecule has 116 valence electrons. The lowest BCUT2D eigenvalue weighted by molar-refractivity contribution is -0.136. The van der Waals surface area contributed by atoms with E-state index in [1.54, 1.807) is 6.92 Å². The Morgan fingerprint density at radius 3 is 2.38 bits per heavy atom. The van der Waals surface area contributed by atoms with Gasteiger partial charge in [-0.1, -0.05) is 32.9 Å². The van der Waals surface area contributed by atoms with Gasteiger partial charge in [0.25, 0.3) is 0 Å². The van der Waals surface area contributed by atoms with E-state index in [1.807, 2.05) is 19.1 Å². The minimum atomic E-state index is -0.911. The fraction of sp³-hybridized carbons (Fsp3) is 0.500. The summed E-state index contributed by atoms with van der Waals surface area (Å²) in [6, 6.07) is 3.88. The Labute approximate surface area is 129 Å². The largest absolute Gasteiger partial charge is 0.481 e. The predicted molar refractivity (Wildman–Crippen MR) is 84.1 cm³/mol. The van der Waals surface area contributed by atoms with Crippen molar-refractivity contribution in [2.45, 2.75) is 51.3 Å². The highest BCUT2D eigenvalue weighted by molar-refractivity contribution is 8.13. The number of benzene rings is 1. The van der Waals surface area contributed by atoms with Crippen LogP contribution in [0.5, 0.6) is 0 Å². The van der Waals surface area contributed by atoms with Crippen molar-refractivity contribution in [1.82, 2.24) is 0 Å². The highest BCUT2D eigenvalue weighted by atomic mass is 32.2. The Kier molecular flexibility index (Phi) is 5.84. The fourth-order valence-electron chi connectivity index (χ4n) is 1.95. The zero-order valence-electron chi connectivity index (χ0n) is 13.1. The second kappa shape index (κ2) is 6.98. The maximum absolute atomic E-state index is 11.7. The summed E-state index contributed by atoms with van der Waals surface area (Å²) in [5.41, 5.74) is 2.54. The smallest absolute Gasteiger partial charge is 0.372 e. The van der Waals surface area contributed by atoms with Crippen molar-refractivity contribution in [3.63, 3.8) is 0 Å². The van der Waals surface area contributed by atoms with Gasteiger partial charge in [0, 0.05) is 4.90 Å². The summed E-state index contributed by atoms with van der Waals surface area (Å²) in [7, 11) is 0. The van der Waals surface area contributed by atoms with Crippen LogP contribution in [0.2, 0.25) is 0 Å². The minimum absolute atomic E-state index is 0.0782. The number of rotatable bonds is 4. The molecule has 1 aromatic carbocycles. The molecule has 21 heavy (non-hydrogen) atoms. The van der Waals surface area contributed by atoms with Crippen molar-refractivity contribution in [1.29, 1.82) is 0 Å². The lowest BCUT2D eigenvalue weighted by Gasteiger charge is -2.22. The van der Waals surface area contributed by atoms with Gasteiger partial charge in [0.2, 0.25) is 0 Å². The van der Waals surface area contributed by atoms with Crippen LogP contribution in [0.4, 0.5) is 4.79 Å². The third kappa shape index (κ3) is 5.08. The van der Waals surface area contributed by atoms with E-state index in [2.05, 4.69) is 20.8 Å². The van der Waals surface area contributed by atoms with Gasteiger partial charge in [-0.05, 0) is 47.7 Å². The average molecular weight is 310 g/mol. The van der Waals surface area contributed by atoms with Crippen LogP contribution < -0.4 is 0 Å². The molecule has 0 heterocycles. The zero-order chi connectivity index (χ0) is 16.2. The lowest BCUT2D eigenvalue weighted by atomic mass is 9.85. The summed E-state index contributed by atoms with van der Waals surface area (Å²) in [4.78, 5) is 23.4. The van der Waals surface area contributed by atoms with Gasteiger partial charge in [0.15, 0.2) is 0 Å². The number of aliphatic carboxylic acids is 1. The predicted octanol–water partition coefficient (Wildman–Crippen LogP) is 4.17. The first-order valence-electron chi connectivity index (χ1n) is 6.85. The van der Waals surface area contributed by atoms with Crippen LogP contribution in [0.3, 0.4) is 0 Å². The fourth-order valence-corrected chi connectivity index (χ4v) is 2.78. The number of hydrogen-bond donors (Lipinski definition) is 1. The molecule has 0 saturated heterocycles. The van der Waals surface area contributed by atoms with Crippen LogP contribution in [0.1, 0.15) is 44.4 Å². The molecule has 1 aromatic rings. The first kappa shape index (κ1) is 17.6. The Balaban J connectivity index is 3.27. The molecule has 0 unspecified atom stereocenters. The molecule has 0 atom stereocenters. The molecule has 1 N–H and O–H groups in total. The van der Waals surface area contributed by atoms with E-state index in [0.29, 0.717) is 17.1 Å². The first-order chi connectivity index (χ1) is 9.65. The van der Waals surface area contributed by atoms with Crippen LogP contribution in [-0.4, -0.2) is 23.0 Å². The molecule has 0 bridgehead atoms. The summed E-state index contributed by atoms with van der Waals surface area (Å²) in [6.45, 7) is 10.2. The van der Waals surface area contributed by atoms with Gasteiger partial charge in [-0.15, -0.1) is 0 Å². The van der Waals surface area contributed by atoms with Gasteiger partial charge in [0.05, 0.1) is 13.0 Å². The zero-order valence-corrected chi connectivity index (χ0v) is 14.0. The third-order valence-electron chi connectivity index (χ3n) is 3.01. The molecule has 4 nitrogen and oxygen atoms in total. The topological polar surface area (TPSA) is 63.6 Å². The van der Waals surface area contributed by atoms with Crippen LogP contribution in [0.25, 0.3) is 0 Å². The van der Waals surface area contributed by atoms with Crippen molar-refractivity contribution in [2.24, 2.45) is 0 Å². The Morgan fingerprint density at radius 2 is 1.90 bits per heavy atom. The van der Waals surface area contributed by atoms with Crippen molar-refractivity contribution in [3.8, 4) is 0 Å². The molecular formula is C16H22O4S. The van der Waals surface area contributed by atoms with Gasteiger partial charge in [-0.3, -0.25) is 4.79 Å². The molecule has 1 rings (SSSR count). The Hall–Kier alpha value is -1.49. The number of carboxylic acid groups (broad SMARTS) is 1. The van der Waals surface area contributed by atoms with E-state index in [4.69, 9.17) is 9.84 Å². The molecule has 0 aliphatic rings. The second-order valence-corrected chi connectivity index (χ2v) is 6.83. The maximum atomic E-state index is 11.7. The van der Waals surface area contributed by atoms with E-state index in [9.17, 15) is 9.59 Å². The van der Waals surface area contributed by atoms with Crippen LogP contribution in [0.15, 0.2) is 17.0 Å². The average Bonchev–Trinajstić information content (AvgIpc) is 2.31. The molecular weight excluding hydrogens is 288 g/mol. The Morgan fingerprint density at radius 1 is 1.29 bits per heavy atom. The highest BCUT2D eigenvalue weighted by Crippen LogP contribution is 2.33. The molecule has 0 aliphatic carbocycles. The molecule has 5 heteroatoms. The molecule has 0 amide bonds. The summed E-state index contributed by atoms with van der Waals surface area (Å²) < 4.78 is 4.93. The molecule has 0 fully saturated rings. The maximum Gasteiger partial charge on any atom is 0.372 e. The summed E-state index contributed by atoms with van der Waals surface area (Å²) in [5.74, 6) is -0.911. The molecule has 0 saturated carbocycles. The van der Waals surface area contributed by atoms with Crippen LogP contribution in [0, 0.1) is 6.92 Å². The van der Waals surface area contributed by atoms with E-state index in [1.165, 1.54) is 0 Å². The van der Waals surface area contributed by atoms with Crippen LogP contribution >= 0.6 is 11.8 Å². The summed E-state index contributed by atoms with van der Waals surface area (Å²) in [5, 5.41) is 8.68. The van der Waals surface area contributed by atoms with Gasteiger partial charge in [-0.2, -0.15) is 0 Å². The monoisotopic (exact) mass is 310 g/mol. The van der Waals surface area contributed by atoms with Crippen molar-refractivity contribution in [2.75, 3.05) is 6.61 Å². The van der Waals surface area contributed by atoms with Crippen molar-refractivity contribution >= 4 is 23.0 Å². The Bertz CT molecular complexity index is 544. The van der Waals surface area contributed by atoms with E-state index < -0.39 is 11.3 Å². The number of ether oxygens (including phenoxy) is 1. The molecule has 0 spiro atoms. The second-order valence-electron chi connectivity index (χ2n) is 5.89. The first-order valence-corrected chi connectivity index (χ1v) is 7.67. The number of carbonyl (C=O) groups excluding carboxylic acids is 1. The number of aryl methyl sites for hydroxylation is 1. The highest BCUT2D eigenvalue weighted by Gasteiger charge is 2.20. The summed E-state index contributed by atoms with van der Waals surface area (Å²) in [6.07, 6.45) is -0.105. The number of carbonyl (C=O) groups is 2. The van der Waals surface area contributed by atoms with E-state index in [0.717, 1.165) is 22.9 Å². The van der Waals surface area contributed by atoms with E-state index in [-0.39, 0.29) is 11.8 Å². The van der Waals surface area contributed by atoms with Crippen molar-refractivity contribution in [3.05, 3.63) is 28.8 Å². The number of carboxylic acids is 1. The van der Waals surface area contributed by atoms with Gasteiger partial charge >= 0.3 is 11.3 Å². The molecule has 0 aromatic heterocycles. The lowest BCUT2D eigenvalue weighted by Crippen LogP contribution is -2.14. The number of thioether (sulfide) groups is 1. The molecule has 0 aliphatic heterocycles. The minimum Gasteiger partial charge on any atom is -0.481 e. The van der Waals surface area contributed by atoms with Gasteiger partial charge < -0.3 is 9.84 Å². The standard InChI is InChI=1S/C16H22O4S/c1-6-20-15(19)21-14-10(2)7-12(16(3,4)5)8-11(14)9-13(17)18/h7-8H,6,9H2,1-5H3,(H,17,18). The van der Waals surface area contributed by atoms with Crippen LogP contribution in [-0.2, 0) is 21.4 Å². The van der Waals surface area contributed by atoms with Gasteiger partial charge in [-0.25, -0.2) is 4.79 Å². The van der Waals surface area contributed by atoms with E-state index >= 15 is 0 Å². The quantitative estimate of drug-likeness (QED) is 0.668. The normalized spacial score (nSPS) is 11.3. The SMILES string of the molecule is CCOC(=O)Sc1c(C)cc(C(C)(C)C)cc1CC(=O)O. The number of hydrogen-bond acceptors (Lipinski definition) is 4. The van der Waals surface area contributed by atoms with Gasteiger partial charge in [0.1, 0.15) is 0 Å².